The van der Waals surface area contributed by atoms with Crippen LogP contribution in [-0.4, -0.2) is 23.7 Å². The highest BCUT2D eigenvalue weighted by atomic mass is 16.6. The van der Waals surface area contributed by atoms with Crippen molar-refractivity contribution in [3.8, 4) is 5.75 Å². The third kappa shape index (κ3) is 5.91. The van der Waals surface area contributed by atoms with Crippen molar-refractivity contribution in [2.24, 2.45) is 5.10 Å². The molecule has 2 rings (SSSR count). The van der Waals surface area contributed by atoms with Crippen LogP contribution in [0.1, 0.15) is 11.1 Å². The number of nitro groups is 1. The van der Waals surface area contributed by atoms with Crippen molar-refractivity contribution in [2.45, 2.75) is 6.92 Å². The van der Waals surface area contributed by atoms with E-state index >= 15 is 0 Å². The molecule has 0 spiro atoms. The molecule has 0 radical (unpaired) electrons. The number of nitro benzene ring substituents is 1. The number of carbonyl (C=O) groups excluding carboxylic acids is 1. The van der Waals surface area contributed by atoms with E-state index in [1.165, 1.54) is 24.4 Å². The maximum absolute atomic E-state index is 11.6. The molecule has 0 aliphatic carbocycles. The molecule has 0 saturated heterocycles. The largest absolute Gasteiger partial charge is 0.484 e. The van der Waals surface area contributed by atoms with Crippen molar-refractivity contribution in [2.75, 3.05) is 6.61 Å². The van der Waals surface area contributed by atoms with E-state index in [1.54, 1.807) is 24.3 Å². The number of nitrogens with one attached hydrogen (secondary N) is 1. The molecule has 0 saturated carbocycles. The fourth-order valence-corrected chi connectivity index (χ4v) is 1.98. The van der Waals surface area contributed by atoms with Gasteiger partial charge in [0.25, 0.3) is 11.6 Å². The first-order valence-electron chi connectivity index (χ1n) is 7.48. The molecule has 0 aromatic heterocycles. The van der Waals surface area contributed by atoms with E-state index in [9.17, 15) is 14.9 Å². The smallest absolute Gasteiger partial charge is 0.277 e. The van der Waals surface area contributed by atoms with Gasteiger partial charge in [-0.05, 0) is 42.8 Å². The number of ether oxygens (including phenoxy) is 1. The van der Waals surface area contributed by atoms with Crippen LogP contribution in [0.15, 0.2) is 59.7 Å². The zero-order valence-corrected chi connectivity index (χ0v) is 13.6. The van der Waals surface area contributed by atoms with Crippen LogP contribution in [0, 0.1) is 17.0 Å². The van der Waals surface area contributed by atoms with Crippen molar-refractivity contribution < 1.29 is 14.5 Å². The number of benzene rings is 2. The Hall–Kier alpha value is -3.48. The first-order chi connectivity index (χ1) is 12.1. The molecule has 7 nitrogen and oxygen atoms in total. The molecule has 2 aromatic carbocycles. The summed E-state index contributed by atoms with van der Waals surface area (Å²) < 4.78 is 5.34. The predicted octanol–water partition coefficient (Wildman–Crippen LogP) is 3.10. The lowest BCUT2D eigenvalue weighted by molar-refractivity contribution is -0.385. The molecule has 25 heavy (non-hydrogen) atoms. The average Bonchev–Trinajstić information content (AvgIpc) is 2.60. The van der Waals surface area contributed by atoms with Crippen molar-refractivity contribution >= 4 is 23.9 Å². The number of rotatable bonds is 7. The fraction of sp³-hybridized carbons (Fsp3) is 0.111. The second-order valence-electron chi connectivity index (χ2n) is 5.09. The lowest BCUT2D eigenvalue weighted by Gasteiger charge is -2.05. The standard InChI is InChI=1S/C18H17N3O4/c1-14-6-4-9-16(12-14)25-13-18(22)20-19-11-5-8-15-7-2-3-10-17(15)21(23)24/h2-12H,13H2,1H3,(H,20,22)/b8-5+,19-11-. The van der Waals surface area contributed by atoms with Crippen LogP contribution in [0.5, 0.6) is 5.75 Å². The lowest BCUT2D eigenvalue weighted by atomic mass is 10.2. The molecule has 0 fully saturated rings. The van der Waals surface area contributed by atoms with E-state index < -0.39 is 10.8 Å². The summed E-state index contributed by atoms with van der Waals surface area (Å²) in [5, 5.41) is 14.6. The molecule has 2 aromatic rings. The van der Waals surface area contributed by atoms with Crippen LogP contribution in [-0.2, 0) is 4.79 Å². The summed E-state index contributed by atoms with van der Waals surface area (Å²) in [5.41, 5.74) is 3.80. The first kappa shape index (κ1) is 17.9. The van der Waals surface area contributed by atoms with Crippen LogP contribution < -0.4 is 10.2 Å². The van der Waals surface area contributed by atoms with E-state index in [-0.39, 0.29) is 12.3 Å². The van der Waals surface area contributed by atoms with Gasteiger partial charge in [-0.3, -0.25) is 14.9 Å². The number of amides is 1. The Morgan fingerprint density at radius 3 is 2.84 bits per heavy atom. The first-order valence-corrected chi connectivity index (χ1v) is 7.48. The van der Waals surface area contributed by atoms with Crippen LogP contribution >= 0.6 is 0 Å². The highest BCUT2D eigenvalue weighted by Gasteiger charge is 2.08. The summed E-state index contributed by atoms with van der Waals surface area (Å²) in [5.74, 6) is 0.201. The molecule has 128 valence electrons. The van der Waals surface area contributed by atoms with Gasteiger partial charge in [0.15, 0.2) is 6.61 Å². The van der Waals surface area contributed by atoms with Crippen molar-refractivity contribution in [3.63, 3.8) is 0 Å². The van der Waals surface area contributed by atoms with Crippen LogP contribution in [0.3, 0.4) is 0 Å². The minimum atomic E-state index is -0.457. The Balaban J connectivity index is 1.81. The van der Waals surface area contributed by atoms with Gasteiger partial charge < -0.3 is 4.74 Å². The van der Waals surface area contributed by atoms with Crippen LogP contribution in [0.2, 0.25) is 0 Å². The number of hydrogen-bond acceptors (Lipinski definition) is 5. The second kappa shape index (κ2) is 8.97. The van der Waals surface area contributed by atoms with E-state index in [2.05, 4.69) is 10.5 Å². The number of hydrazone groups is 1. The SMILES string of the molecule is Cc1cccc(OCC(=O)N/N=C\C=C\c2ccccc2[N+](=O)[O-])c1. The number of para-hydroxylation sites is 1. The minimum Gasteiger partial charge on any atom is -0.484 e. The van der Waals surface area contributed by atoms with E-state index in [0.29, 0.717) is 11.3 Å². The summed E-state index contributed by atoms with van der Waals surface area (Å²) >= 11 is 0. The summed E-state index contributed by atoms with van der Waals surface area (Å²) in [4.78, 5) is 22.0. The van der Waals surface area contributed by atoms with Gasteiger partial charge in [0.1, 0.15) is 5.75 Å². The summed E-state index contributed by atoms with van der Waals surface area (Å²) in [6.45, 7) is 1.77. The number of aryl methyl sites for hydroxylation is 1. The third-order valence-corrected chi connectivity index (χ3v) is 3.12. The highest BCUT2D eigenvalue weighted by Crippen LogP contribution is 2.18. The zero-order chi connectivity index (χ0) is 18.1. The Morgan fingerprint density at radius 1 is 1.28 bits per heavy atom. The molecule has 0 heterocycles. The molecule has 7 heteroatoms. The zero-order valence-electron chi connectivity index (χ0n) is 13.6. The normalized spacial score (nSPS) is 10.9. The van der Waals surface area contributed by atoms with Gasteiger partial charge in [0.2, 0.25) is 0 Å². The van der Waals surface area contributed by atoms with Crippen molar-refractivity contribution in [1.29, 1.82) is 0 Å². The Labute approximate surface area is 144 Å². The molecule has 0 aliphatic rings. The summed E-state index contributed by atoms with van der Waals surface area (Å²) in [6, 6.07) is 13.7. The van der Waals surface area contributed by atoms with Gasteiger partial charge >= 0.3 is 0 Å². The quantitative estimate of drug-likeness (QED) is 0.476. The fourth-order valence-electron chi connectivity index (χ4n) is 1.98. The monoisotopic (exact) mass is 339 g/mol. The van der Waals surface area contributed by atoms with Gasteiger partial charge in [-0.1, -0.05) is 24.3 Å². The van der Waals surface area contributed by atoms with Gasteiger partial charge in [-0.15, -0.1) is 0 Å². The Kier molecular flexibility index (Phi) is 6.41. The molecule has 1 N–H and O–H groups in total. The summed E-state index contributed by atoms with van der Waals surface area (Å²) in [7, 11) is 0. The van der Waals surface area contributed by atoms with E-state index in [1.807, 2.05) is 25.1 Å². The van der Waals surface area contributed by atoms with Crippen molar-refractivity contribution in [3.05, 3.63) is 75.8 Å². The molecule has 0 unspecified atom stereocenters. The van der Waals surface area contributed by atoms with E-state index in [4.69, 9.17) is 4.74 Å². The number of hydrogen-bond donors (Lipinski definition) is 1. The van der Waals surface area contributed by atoms with Gasteiger partial charge in [-0.2, -0.15) is 5.10 Å². The molecule has 1 amide bonds. The molecule has 0 bridgehead atoms. The number of carbonyl (C=O) groups is 1. The topological polar surface area (TPSA) is 93.8 Å². The maximum Gasteiger partial charge on any atom is 0.277 e. The molecule has 0 aliphatic heterocycles. The molecular formula is C18H17N3O4. The highest BCUT2D eigenvalue weighted by molar-refractivity contribution is 5.82. The van der Waals surface area contributed by atoms with Gasteiger partial charge in [0, 0.05) is 12.3 Å². The Morgan fingerprint density at radius 2 is 2.08 bits per heavy atom. The van der Waals surface area contributed by atoms with Crippen LogP contribution in [0.4, 0.5) is 5.69 Å². The van der Waals surface area contributed by atoms with Crippen molar-refractivity contribution in [1.82, 2.24) is 5.43 Å². The van der Waals surface area contributed by atoms with Crippen LogP contribution in [0.25, 0.3) is 6.08 Å². The third-order valence-electron chi connectivity index (χ3n) is 3.12. The minimum absolute atomic E-state index is 0.00254. The lowest BCUT2D eigenvalue weighted by Crippen LogP contribution is -2.24. The average molecular weight is 339 g/mol. The molecule has 0 atom stereocenters. The van der Waals surface area contributed by atoms with E-state index in [0.717, 1.165) is 5.56 Å². The number of allylic oxidation sites excluding steroid dienone is 1. The predicted molar refractivity (Wildman–Crippen MR) is 95.4 cm³/mol. The molecular weight excluding hydrogens is 322 g/mol. The van der Waals surface area contributed by atoms with Gasteiger partial charge in [0.05, 0.1) is 10.5 Å². The maximum atomic E-state index is 11.6. The second-order valence-corrected chi connectivity index (χ2v) is 5.09. The summed E-state index contributed by atoms with van der Waals surface area (Å²) in [6.07, 6.45) is 4.38. The van der Waals surface area contributed by atoms with Gasteiger partial charge in [-0.25, -0.2) is 5.43 Å². The Bertz CT molecular complexity index is 815. The number of nitrogens with zero attached hydrogens (tertiary/aromatic N) is 2.